The molecule has 0 bridgehead atoms. The topological polar surface area (TPSA) is 119 Å². The molecule has 0 saturated carbocycles. The number of ether oxygens (including phenoxy) is 2. The summed E-state index contributed by atoms with van der Waals surface area (Å²) in [5.41, 5.74) is -0.581. The summed E-state index contributed by atoms with van der Waals surface area (Å²) in [6, 6.07) is 0. The normalized spacial score (nSPS) is 15.1. The summed E-state index contributed by atoms with van der Waals surface area (Å²) in [5.74, 6) is -13.5. The van der Waals surface area contributed by atoms with Crippen LogP contribution < -0.4 is 5.32 Å². The zero-order chi connectivity index (χ0) is 25.6. The SMILES string of the molecule is C=C(C)C(=O)OC(OCCCC(F)(F)C(F)(F)S(=O)(=O)O)(C(=O)NCCCC)C(F)(F)F. The van der Waals surface area contributed by atoms with Gasteiger partial charge >= 0.3 is 45.1 Å². The Hall–Kier alpha value is -1.94. The van der Waals surface area contributed by atoms with Crippen LogP contribution in [0.5, 0.6) is 0 Å². The maximum atomic E-state index is 13.7. The molecule has 188 valence electrons. The Morgan fingerprint density at radius 2 is 1.59 bits per heavy atom. The quantitative estimate of drug-likeness (QED) is 0.0986. The monoisotopic (exact) mass is 505 g/mol. The smallest absolute Gasteiger partial charge is 0.412 e. The van der Waals surface area contributed by atoms with Gasteiger partial charge in [0.15, 0.2) is 0 Å². The van der Waals surface area contributed by atoms with Crippen molar-refractivity contribution in [1.82, 2.24) is 5.32 Å². The molecule has 1 atom stereocenters. The van der Waals surface area contributed by atoms with Crippen LogP contribution in [0.25, 0.3) is 0 Å². The van der Waals surface area contributed by atoms with Crippen LogP contribution in [-0.2, 0) is 29.2 Å². The van der Waals surface area contributed by atoms with Crippen LogP contribution in [0.15, 0.2) is 12.2 Å². The highest BCUT2D eigenvalue weighted by molar-refractivity contribution is 7.87. The molecular formula is C16H22F7NO7S. The Kier molecular flexibility index (Phi) is 10.1. The number of hydrogen-bond donors (Lipinski definition) is 2. The number of esters is 1. The fourth-order valence-corrected chi connectivity index (χ4v) is 2.45. The van der Waals surface area contributed by atoms with Crippen molar-refractivity contribution in [3.63, 3.8) is 0 Å². The van der Waals surface area contributed by atoms with E-state index in [9.17, 15) is 48.7 Å². The predicted molar refractivity (Wildman–Crippen MR) is 94.2 cm³/mol. The first kappa shape index (κ1) is 30.1. The molecule has 0 aliphatic carbocycles. The average molecular weight is 505 g/mol. The predicted octanol–water partition coefficient (Wildman–Crippen LogP) is 3.19. The second-order valence-electron chi connectivity index (χ2n) is 6.54. The van der Waals surface area contributed by atoms with Crippen LogP contribution in [-0.4, -0.2) is 61.1 Å². The van der Waals surface area contributed by atoms with Crippen molar-refractivity contribution < 1.29 is 62.8 Å². The zero-order valence-corrected chi connectivity index (χ0v) is 17.7. The van der Waals surface area contributed by atoms with Crippen LogP contribution >= 0.6 is 0 Å². The summed E-state index contributed by atoms with van der Waals surface area (Å²) in [5, 5.41) is -4.13. The van der Waals surface area contributed by atoms with Gasteiger partial charge in [0.2, 0.25) is 0 Å². The first-order valence-corrected chi connectivity index (χ1v) is 10.3. The third-order valence-electron chi connectivity index (χ3n) is 3.76. The molecule has 0 spiro atoms. The largest absolute Gasteiger partial charge is 0.466 e. The molecule has 16 heteroatoms. The summed E-state index contributed by atoms with van der Waals surface area (Å²) in [7, 11) is -6.55. The molecule has 1 unspecified atom stereocenters. The number of amides is 1. The second kappa shape index (κ2) is 10.8. The Morgan fingerprint density at radius 3 is 2.00 bits per heavy atom. The van der Waals surface area contributed by atoms with Crippen molar-refractivity contribution in [3.8, 4) is 0 Å². The molecule has 0 radical (unpaired) electrons. The molecule has 0 aromatic rings. The molecule has 0 aliphatic rings. The maximum Gasteiger partial charge on any atom is 0.466 e. The lowest BCUT2D eigenvalue weighted by molar-refractivity contribution is -0.347. The number of nitrogens with one attached hydrogen (secondary N) is 1. The van der Waals surface area contributed by atoms with Gasteiger partial charge in [-0.05, 0) is 19.8 Å². The van der Waals surface area contributed by atoms with Gasteiger partial charge in [0.1, 0.15) is 0 Å². The van der Waals surface area contributed by atoms with E-state index in [4.69, 9.17) is 4.55 Å². The van der Waals surface area contributed by atoms with Gasteiger partial charge in [0, 0.05) is 18.5 Å². The summed E-state index contributed by atoms with van der Waals surface area (Å²) >= 11 is 0. The Morgan fingerprint density at radius 1 is 1.06 bits per heavy atom. The van der Waals surface area contributed by atoms with Crippen LogP contribution in [0.2, 0.25) is 0 Å². The van der Waals surface area contributed by atoms with Gasteiger partial charge in [0.05, 0.1) is 6.61 Å². The molecule has 8 nitrogen and oxygen atoms in total. The molecule has 0 aromatic heterocycles. The number of rotatable bonds is 13. The average Bonchev–Trinajstić information content (AvgIpc) is 2.61. The second-order valence-corrected chi connectivity index (χ2v) is 8.00. The van der Waals surface area contributed by atoms with Gasteiger partial charge in [-0.2, -0.15) is 39.2 Å². The maximum absolute atomic E-state index is 13.7. The Bertz CT molecular complexity index is 799. The molecule has 0 fully saturated rings. The summed E-state index contributed by atoms with van der Waals surface area (Å²) < 4.78 is 132. The van der Waals surface area contributed by atoms with E-state index in [2.05, 4.69) is 16.1 Å². The molecule has 0 saturated heterocycles. The number of carbonyl (C=O) groups is 2. The fourth-order valence-electron chi connectivity index (χ4n) is 1.97. The summed E-state index contributed by atoms with van der Waals surface area (Å²) in [4.78, 5) is 23.9. The van der Waals surface area contributed by atoms with Gasteiger partial charge in [-0.25, -0.2) is 4.79 Å². The van der Waals surface area contributed by atoms with Crippen molar-refractivity contribution in [2.45, 2.75) is 62.7 Å². The lowest BCUT2D eigenvalue weighted by Crippen LogP contribution is -2.61. The minimum Gasteiger partial charge on any atom is -0.412 e. The van der Waals surface area contributed by atoms with Gasteiger partial charge in [-0.3, -0.25) is 9.35 Å². The van der Waals surface area contributed by atoms with Crippen LogP contribution in [0.3, 0.4) is 0 Å². The molecular weight excluding hydrogens is 483 g/mol. The fraction of sp³-hybridized carbons (Fsp3) is 0.750. The van der Waals surface area contributed by atoms with Crippen LogP contribution in [0, 0.1) is 0 Å². The van der Waals surface area contributed by atoms with E-state index in [0.29, 0.717) is 6.42 Å². The van der Waals surface area contributed by atoms with Crippen LogP contribution in [0.1, 0.15) is 39.5 Å². The van der Waals surface area contributed by atoms with E-state index in [1.54, 1.807) is 12.2 Å². The summed E-state index contributed by atoms with van der Waals surface area (Å²) in [6.45, 7) is 3.82. The third-order valence-corrected chi connectivity index (χ3v) is 4.71. The first-order chi connectivity index (χ1) is 14.3. The number of carbonyl (C=O) groups excluding carboxylic acids is 2. The van der Waals surface area contributed by atoms with Crippen molar-refractivity contribution in [2.75, 3.05) is 13.2 Å². The van der Waals surface area contributed by atoms with Gasteiger partial charge in [-0.15, -0.1) is 0 Å². The van der Waals surface area contributed by atoms with Crippen molar-refractivity contribution >= 4 is 22.0 Å². The molecule has 32 heavy (non-hydrogen) atoms. The lowest BCUT2D eigenvalue weighted by atomic mass is 10.2. The van der Waals surface area contributed by atoms with E-state index in [1.807, 2.05) is 0 Å². The van der Waals surface area contributed by atoms with Crippen molar-refractivity contribution in [3.05, 3.63) is 12.2 Å². The summed E-state index contributed by atoms with van der Waals surface area (Å²) in [6.07, 6.45) is -8.51. The number of halogens is 7. The van der Waals surface area contributed by atoms with Crippen LogP contribution in [0.4, 0.5) is 30.7 Å². The van der Waals surface area contributed by atoms with E-state index in [1.165, 1.54) is 0 Å². The highest BCUT2D eigenvalue weighted by Crippen LogP contribution is 2.42. The minimum atomic E-state index is -6.55. The standard InChI is InChI=1S/C16H22F7NO7S/c1-4-5-8-24-12(26)14(15(19,20)21,31-11(25)10(2)3)30-9-6-7-13(17,18)16(22,23)32(27,28)29/h2,4-9H2,1,3H3,(H,24,26)(H,27,28,29). The van der Waals surface area contributed by atoms with Gasteiger partial charge in [0.25, 0.3) is 0 Å². The number of unbranched alkanes of at least 4 members (excludes halogenated alkanes) is 1. The van der Waals surface area contributed by atoms with Gasteiger partial charge < -0.3 is 14.8 Å². The van der Waals surface area contributed by atoms with Crippen molar-refractivity contribution in [1.29, 1.82) is 0 Å². The third kappa shape index (κ3) is 7.03. The van der Waals surface area contributed by atoms with E-state index in [0.717, 1.165) is 6.92 Å². The molecule has 2 N–H and O–H groups in total. The lowest BCUT2D eigenvalue weighted by Gasteiger charge is -2.33. The van der Waals surface area contributed by atoms with Gasteiger partial charge in [-0.1, -0.05) is 19.9 Å². The number of hydrogen-bond acceptors (Lipinski definition) is 6. The number of alkyl halides is 7. The minimum absolute atomic E-state index is 0.213. The molecule has 0 heterocycles. The van der Waals surface area contributed by atoms with E-state index in [-0.39, 0.29) is 13.0 Å². The van der Waals surface area contributed by atoms with E-state index >= 15 is 0 Å². The molecule has 0 rings (SSSR count). The highest BCUT2D eigenvalue weighted by Gasteiger charge is 2.67. The molecule has 0 aromatic carbocycles. The zero-order valence-electron chi connectivity index (χ0n) is 16.9. The molecule has 1 amide bonds. The Balaban J connectivity index is 5.73. The first-order valence-electron chi connectivity index (χ1n) is 8.87. The van der Waals surface area contributed by atoms with E-state index < -0.39 is 70.2 Å². The Labute approximate surface area is 178 Å². The molecule has 0 aliphatic heterocycles. The highest BCUT2D eigenvalue weighted by atomic mass is 32.2. The van der Waals surface area contributed by atoms with Crippen molar-refractivity contribution in [2.24, 2.45) is 0 Å².